The first-order chi connectivity index (χ1) is 14.0. The second kappa shape index (κ2) is 20.2. The molecule has 0 radical (unpaired) electrons. The van der Waals surface area contributed by atoms with Gasteiger partial charge in [-0.1, -0.05) is 110 Å². The molecule has 0 spiro atoms. The second-order valence-corrected chi connectivity index (χ2v) is 8.86. The Hall–Kier alpha value is -1.06. The van der Waals surface area contributed by atoms with Gasteiger partial charge in [0.15, 0.2) is 0 Å². The van der Waals surface area contributed by atoms with Gasteiger partial charge in [0, 0.05) is 6.42 Å². The van der Waals surface area contributed by atoms with Crippen LogP contribution in [-0.2, 0) is 9.59 Å². The van der Waals surface area contributed by atoms with Crippen molar-refractivity contribution in [1.29, 1.82) is 0 Å². The fourth-order valence-electron chi connectivity index (χ4n) is 4.17. The van der Waals surface area contributed by atoms with E-state index in [2.05, 4.69) is 13.8 Å². The molecule has 0 aromatic carbocycles. The molecule has 0 saturated carbocycles. The van der Waals surface area contributed by atoms with Crippen LogP contribution in [0.25, 0.3) is 0 Å². The van der Waals surface area contributed by atoms with Crippen molar-refractivity contribution in [2.45, 2.75) is 136 Å². The lowest BCUT2D eigenvalue weighted by Gasteiger charge is -2.20. The predicted molar refractivity (Wildman–Crippen MR) is 121 cm³/mol. The summed E-state index contributed by atoms with van der Waals surface area (Å²) in [4.78, 5) is 22.1. The summed E-state index contributed by atoms with van der Waals surface area (Å²) < 4.78 is 0. The molecule has 0 aliphatic heterocycles. The smallest absolute Gasteiger partial charge is 0.306 e. The van der Waals surface area contributed by atoms with Crippen LogP contribution < -0.4 is 0 Å². The fourth-order valence-corrected chi connectivity index (χ4v) is 4.17. The van der Waals surface area contributed by atoms with Crippen LogP contribution in [0.2, 0.25) is 0 Å². The van der Waals surface area contributed by atoms with Gasteiger partial charge in [0.05, 0.1) is 5.92 Å². The fraction of sp³-hybridized carbons (Fsp3) is 0.920. The SMILES string of the molecule is CCCCCCCC(CC(CC)CCCCCCCCCCCC(=O)O)C(=O)O. The van der Waals surface area contributed by atoms with Crippen molar-refractivity contribution in [2.75, 3.05) is 0 Å². The van der Waals surface area contributed by atoms with E-state index in [0.717, 1.165) is 44.9 Å². The predicted octanol–water partition coefficient (Wildman–Crippen LogP) is 7.84. The van der Waals surface area contributed by atoms with Crippen molar-refractivity contribution in [3.05, 3.63) is 0 Å². The van der Waals surface area contributed by atoms with Crippen molar-refractivity contribution < 1.29 is 19.8 Å². The van der Waals surface area contributed by atoms with Gasteiger partial charge in [-0.3, -0.25) is 9.59 Å². The lowest BCUT2D eigenvalue weighted by Crippen LogP contribution is -2.18. The molecule has 0 aliphatic rings. The monoisotopic (exact) mass is 412 g/mol. The Balaban J connectivity index is 3.74. The van der Waals surface area contributed by atoms with E-state index < -0.39 is 11.9 Å². The van der Waals surface area contributed by atoms with Crippen molar-refractivity contribution >= 4 is 11.9 Å². The molecule has 0 bridgehead atoms. The minimum Gasteiger partial charge on any atom is -0.481 e. The topological polar surface area (TPSA) is 74.6 Å². The molecular formula is C25H48O4. The number of hydrogen-bond acceptors (Lipinski definition) is 2. The van der Waals surface area contributed by atoms with Gasteiger partial charge in [-0.15, -0.1) is 0 Å². The molecular weight excluding hydrogens is 364 g/mol. The molecule has 2 atom stereocenters. The molecule has 0 aromatic rings. The highest BCUT2D eigenvalue weighted by atomic mass is 16.4. The quantitative estimate of drug-likeness (QED) is 0.178. The van der Waals surface area contributed by atoms with E-state index in [9.17, 15) is 14.7 Å². The Morgan fingerprint density at radius 1 is 0.655 bits per heavy atom. The summed E-state index contributed by atoms with van der Waals surface area (Å²) in [6.07, 6.45) is 20.7. The minimum absolute atomic E-state index is 0.150. The van der Waals surface area contributed by atoms with Gasteiger partial charge in [-0.25, -0.2) is 0 Å². The number of hydrogen-bond donors (Lipinski definition) is 2. The molecule has 0 saturated heterocycles. The van der Waals surface area contributed by atoms with Crippen LogP contribution in [0.4, 0.5) is 0 Å². The Bertz CT molecular complexity index is 394. The maximum absolute atomic E-state index is 11.6. The largest absolute Gasteiger partial charge is 0.481 e. The molecule has 0 heterocycles. The average Bonchev–Trinajstić information content (AvgIpc) is 2.69. The normalized spacial score (nSPS) is 13.3. The Kier molecular flexibility index (Phi) is 19.5. The molecule has 172 valence electrons. The van der Waals surface area contributed by atoms with E-state index in [0.29, 0.717) is 12.3 Å². The van der Waals surface area contributed by atoms with Crippen LogP contribution in [-0.4, -0.2) is 22.2 Å². The summed E-state index contributed by atoms with van der Waals surface area (Å²) in [6, 6.07) is 0. The molecule has 4 nitrogen and oxygen atoms in total. The summed E-state index contributed by atoms with van der Waals surface area (Å²) in [6.45, 7) is 4.41. The summed E-state index contributed by atoms with van der Waals surface area (Å²) in [5, 5.41) is 18.2. The Labute approximate surface area is 179 Å². The zero-order valence-corrected chi connectivity index (χ0v) is 19.3. The lowest BCUT2D eigenvalue weighted by atomic mass is 9.85. The highest BCUT2D eigenvalue weighted by Gasteiger charge is 2.21. The second-order valence-electron chi connectivity index (χ2n) is 8.86. The highest BCUT2D eigenvalue weighted by molar-refractivity contribution is 5.69. The van der Waals surface area contributed by atoms with Gasteiger partial charge in [0.1, 0.15) is 0 Å². The summed E-state index contributed by atoms with van der Waals surface area (Å²) in [5.41, 5.74) is 0. The molecule has 0 aromatic heterocycles. The first kappa shape index (κ1) is 27.9. The highest BCUT2D eigenvalue weighted by Crippen LogP contribution is 2.26. The molecule has 29 heavy (non-hydrogen) atoms. The maximum Gasteiger partial charge on any atom is 0.306 e. The number of rotatable bonds is 22. The number of carboxylic acid groups (broad SMARTS) is 2. The van der Waals surface area contributed by atoms with Crippen molar-refractivity contribution in [1.82, 2.24) is 0 Å². The maximum atomic E-state index is 11.6. The third kappa shape index (κ3) is 18.7. The number of aliphatic carboxylic acids is 2. The van der Waals surface area contributed by atoms with E-state index in [1.165, 1.54) is 70.6 Å². The standard InChI is InChI=1S/C25H48O4/c1-3-5-6-12-16-19-23(25(28)29)21-22(4-2)18-15-13-10-8-7-9-11-14-17-20-24(26)27/h22-23H,3-21H2,1-2H3,(H,26,27)(H,28,29). The van der Waals surface area contributed by atoms with Crippen molar-refractivity contribution in [3.8, 4) is 0 Å². The molecule has 0 fully saturated rings. The van der Waals surface area contributed by atoms with Crippen LogP contribution >= 0.6 is 0 Å². The third-order valence-corrected chi connectivity index (χ3v) is 6.20. The van der Waals surface area contributed by atoms with E-state index in [1.807, 2.05) is 0 Å². The van der Waals surface area contributed by atoms with Crippen LogP contribution in [0, 0.1) is 11.8 Å². The van der Waals surface area contributed by atoms with Gasteiger partial charge < -0.3 is 10.2 Å². The van der Waals surface area contributed by atoms with E-state index >= 15 is 0 Å². The van der Waals surface area contributed by atoms with Crippen LogP contribution in [0.3, 0.4) is 0 Å². The van der Waals surface area contributed by atoms with Crippen LogP contribution in [0.1, 0.15) is 136 Å². The summed E-state index contributed by atoms with van der Waals surface area (Å²) in [7, 11) is 0. The zero-order chi connectivity index (χ0) is 21.7. The number of carboxylic acids is 2. The average molecular weight is 413 g/mol. The zero-order valence-electron chi connectivity index (χ0n) is 19.3. The first-order valence-corrected chi connectivity index (χ1v) is 12.5. The van der Waals surface area contributed by atoms with Crippen molar-refractivity contribution in [3.63, 3.8) is 0 Å². The van der Waals surface area contributed by atoms with Crippen molar-refractivity contribution in [2.24, 2.45) is 11.8 Å². The molecule has 0 amide bonds. The molecule has 0 rings (SSSR count). The lowest BCUT2D eigenvalue weighted by molar-refractivity contribution is -0.142. The van der Waals surface area contributed by atoms with Crippen LogP contribution in [0.15, 0.2) is 0 Å². The van der Waals surface area contributed by atoms with Gasteiger partial charge in [-0.05, 0) is 25.2 Å². The van der Waals surface area contributed by atoms with Gasteiger partial charge in [-0.2, -0.15) is 0 Å². The number of unbranched alkanes of at least 4 members (excludes halogenated alkanes) is 12. The number of carbonyl (C=O) groups is 2. The first-order valence-electron chi connectivity index (χ1n) is 12.5. The molecule has 2 N–H and O–H groups in total. The van der Waals surface area contributed by atoms with E-state index in [-0.39, 0.29) is 5.92 Å². The third-order valence-electron chi connectivity index (χ3n) is 6.20. The Morgan fingerprint density at radius 3 is 1.62 bits per heavy atom. The summed E-state index contributed by atoms with van der Waals surface area (Å²) in [5.74, 6) is -0.872. The summed E-state index contributed by atoms with van der Waals surface area (Å²) >= 11 is 0. The minimum atomic E-state index is -0.683. The molecule has 0 aliphatic carbocycles. The van der Waals surface area contributed by atoms with Crippen LogP contribution in [0.5, 0.6) is 0 Å². The van der Waals surface area contributed by atoms with Gasteiger partial charge >= 0.3 is 11.9 Å². The Morgan fingerprint density at radius 2 is 1.14 bits per heavy atom. The van der Waals surface area contributed by atoms with E-state index in [1.54, 1.807) is 0 Å². The van der Waals surface area contributed by atoms with Gasteiger partial charge in [0.2, 0.25) is 0 Å². The molecule has 4 heteroatoms. The van der Waals surface area contributed by atoms with E-state index in [4.69, 9.17) is 5.11 Å². The van der Waals surface area contributed by atoms with Gasteiger partial charge in [0.25, 0.3) is 0 Å². The molecule has 2 unspecified atom stereocenters.